The summed E-state index contributed by atoms with van der Waals surface area (Å²) in [6.45, 7) is 1.76. The molecule has 1 amide bonds. The van der Waals surface area contributed by atoms with Crippen LogP contribution in [0.15, 0.2) is 18.2 Å². The van der Waals surface area contributed by atoms with Gasteiger partial charge in [-0.15, -0.1) is 0 Å². The second-order valence-corrected chi connectivity index (χ2v) is 4.43. The average molecular weight is 270 g/mol. The molecule has 2 rings (SSSR count). The van der Waals surface area contributed by atoms with Crippen LogP contribution in [0.5, 0.6) is 0 Å². The molecular weight excluding hydrogens is 254 g/mol. The van der Waals surface area contributed by atoms with Gasteiger partial charge >= 0.3 is 0 Å². The van der Waals surface area contributed by atoms with Crippen LogP contribution in [-0.2, 0) is 4.74 Å². The van der Waals surface area contributed by atoms with Gasteiger partial charge < -0.3 is 15.0 Å². The Morgan fingerprint density at radius 2 is 2.32 bits per heavy atom. The second-order valence-electron chi connectivity index (χ2n) is 4.43. The highest BCUT2D eigenvalue weighted by Crippen LogP contribution is 2.15. The maximum Gasteiger partial charge on any atom is 0.257 e. The van der Waals surface area contributed by atoms with Gasteiger partial charge in [-0.3, -0.25) is 4.79 Å². The molecule has 0 saturated carbocycles. The largest absolute Gasteiger partial charge is 0.373 e. The molecule has 0 radical (unpaired) electrons. The summed E-state index contributed by atoms with van der Waals surface area (Å²) in [6, 6.07) is 2.89. The van der Waals surface area contributed by atoms with Crippen LogP contribution >= 0.6 is 0 Å². The standard InChI is InChI=1S/C13H16F2N2O2/c1-16-7-10-8-17(4-5-19-10)13(18)11-6-9(14)2-3-12(11)15/h2-3,6,10,16H,4-5,7-8H2,1H3. The Kier molecular flexibility index (Phi) is 4.44. The lowest BCUT2D eigenvalue weighted by molar-refractivity contribution is -0.0197. The fraction of sp³-hybridized carbons (Fsp3) is 0.462. The number of halogens is 2. The minimum Gasteiger partial charge on any atom is -0.373 e. The minimum absolute atomic E-state index is 0.126. The molecule has 19 heavy (non-hydrogen) atoms. The number of likely N-dealkylation sites (N-methyl/N-ethyl adjacent to an activating group) is 1. The predicted molar refractivity (Wildman–Crippen MR) is 65.9 cm³/mol. The number of hydrogen-bond donors (Lipinski definition) is 1. The Hall–Kier alpha value is -1.53. The van der Waals surface area contributed by atoms with Gasteiger partial charge in [0.15, 0.2) is 0 Å². The Morgan fingerprint density at radius 3 is 3.05 bits per heavy atom. The number of hydrogen-bond acceptors (Lipinski definition) is 3. The summed E-state index contributed by atoms with van der Waals surface area (Å²) in [6.07, 6.45) is -0.126. The first-order valence-corrected chi connectivity index (χ1v) is 6.12. The van der Waals surface area contributed by atoms with E-state index in [0.717, 1.165) is 18.2 Å². The van der Waals surface area contributed by atoms with Crippen molar-refractivity contribution in [1.82, 2.24) is 10.2 Å². The van der Waals surface area contributed by atoms with E-state index in [2.05, 4.69) is 5.32 Å². The van der Waals surface area contributed by atoms with Crippen LogP contribution in [0, 0.1) is 11.6 Å². The molecule has 1 aliphatic heterocycles. The van der Waals surface area contributed by atoms with E-state index < -0.39 is 17.5 Å². The van der Waals surface area contributed by atoms with Crippen LogP contribution in [-0.4, -0.2) is 50.2 Å². The number of benzene rings is 1. The van der Waals surface area contributed by atoms with E-state index in [9.17, 15) is 13.6 Å². The van der Waals surface area contributed by atoms with Crippen molar-refractivity contribution >= 4 is 5.91 Å². The third kappa shape index (κ3) is 3.27. The van der Waals surface area contributed by atoms with E-state index in [1.165, 1.54) is 4.90 Å². The summed E-state index contributed by atoms with van der Waals surface area (Å²) in [5.74, 6) is -1.82. The monoisotopic (exact) mass is 270 g/mol. The molecule has 1 fully saturated rings. The summed E-state index contributed by atoms with van der Waals surface area (Å²) < 4.78 is 32.1. The van der Waals surface area contributed by atoms with Crippen LogP contribution in [0.2, 0.25) is 0 Å². The number of carbonyl (C=O) groups excluding carboxylic acids is 1. The molecule has 0 aliphatic carbocycles. The van der Waals surface area contributed by atoms with Gasteiger partial charge in [0, 0.05) is 19.6 Å². The zero-order valence-corrected chi connectivity index (χ0v) is 10.7. The number of nitrogens with one attached hydrogen (secondary N) is 1. The van der Waals surface area contributed by atoms with E-state index in [0.29, 0.717) is 26.2 Å². The molecule has 1 atom stereocenters. The lowest BCUT2D eigenvalue weighted by atomic mass is 10.1. The SMILES string of the molecule is CNCC1CN(C(=O)c2cc(F)ccc2F)CCO1. The van der Waals surface area contributed by atoms with Crippen molar-refractivity contribution in [2.24, 2.45) is 0 Å². The number of amides is 1. The first-order chi connectivity index (χ1) is 9.11. The molecule has 1 saturated heterocycles. The zero-order valence-electron chi connectivity index (χ0n) is 10.7. The first-order valence-electron chi connectivity index (χ1n) is 6.12. The topological polar surface area (TPSA) is 41.6 Å². The Balaban J connectivity index is 2.12. The molecule has 1 aromatic rings. The lowest BCUT2D eigenvalue weighted by Crippen LogP contribution is -2.48. The zero-order chi connectivity index (χ0) is 13.8. The number of carbonyl (C=O) groups is 1. The normalized spacial score (nSPS) is 19.5. The van der Waals surface area contributed by atoms with Gasteiger partial charge in [-0.1, -0.05) is 0 Å². The summed E-state index contributed by atoms with van der Waals surface area (Å²) in [5.41, 5.74) is -0.231. The van der Waals surface area contributed by atoms with E-state index in [1.54, 1.807) is 7.05 Å². The maximum atomic E-state index is 13.6. The summed E-state index contributed by atoms with van der Waals surface area (Å²) in [7, 11) is 1.79. The molecule has 1 aliphatic rings. The fourth-order valence-electron chi connectivity index (χ4n) is 2.09. The van der Waals surface area contributed by atoms with Gasteiger partial charge in [-0.25, -0.2) is 8.78 Å². The van der Waals surface area contributed by atoms with Gasteiger partial charge in [0.2, 0.25) is 0 Å². The smallest absolute Gasteiger partial charge is 0.257 e. The van der Waals surface area contributed by atoms with Gasteiger partial charge in [0.05, 0.1) is 18.3 Å². The highest BCUT2D eigenvalue weighted by molar-refractivity contribution is 5.94. The maximum absolute atomic E-state index is 13.6. The number of nitrogens with zero attached hydrogens (tertiary/aromatic N) is 1. The van der Waals surface area contributed by atoms with E-state index in [4.69, 9.17) is 4.74 Å². The van der Waals surface area contributed by atoms with Crippen molar-refractivity contribution in [3.05, 3.63) is 35.4 Å². The van der Waals surface area contributed by atoms with Crippen LogP contribution in [0.4, 0.5) is 8.78 Å². The number of rotatable bonds is 3. The molecule has 0 aromatic heterocycles. The highest BCUT2D eigenvalue weighted by Gasteiger charge is 2.26. The Labute approximate surface area is 110 Å². The predicted octanol–water partition coefficient (Wildman–Crippen LogP) is 1.03. The first kappa shape index (κ1) is 13.9. The summed E-state index contributed by atoms with van der Waals surface area (Å²) in [5, 5.41) is 2.96. The Morgan fingerprint density at radius 1 is 1.53 bits per heavy atom. The number of ether oxygens (including phenoxy) is 1. The average Bonchev–Trinajstić information content (AvgIpc) is 2.41. The van der Waals surface area contributed by atoms with Gasteiger partial charge in [0.1, 0.15) is 11.6 Å². The third-order valence-corrected chi connectivity index (χ3v) is 3.02. The fourth-order valence-corrected chi connectivity index (χ4v) is 2.09. The second kappa shape index (κ2) is 6.08. The van der Waals surface area contributed by atoms with E-state index in [1.807, 2.05) is 0 Å². The van der Waals surface area contributed by atoms with Crippen molar-refractivity contribution in [2.45, 2.75) is 6.10 Å². The van der Waals surface area contributed by atoms with Crippen molar-refractivity contribution in [3.63, 3.8) is 0 Å². The van der Waals surface area contributed by atoms with Crippen LogP contribution in [0.1, 0.15) is 10.4 Å². The minimum atomic E-state index is -0.706. The van der Waals surface area contributed by atoms with Crippen LogP contribution in [0.25, 0.3) is 0 Å². The van der Waals surface area contributed by atoms with Crippen LogP contribution in [0.3, 0.4) is 0 Å². The lowest BCUT2D eigenvalue weighted by Gasteiger charge is -2.33. The summed E-state index contributed by atoms with van der Waals surface area (Å²) >= 11 is 0. The molecule has 6 heteroatoms. The van der Waals surface area contributed by atoms with E-state index >= 15 is 0 Å². The van der Waals surface area contributed by atoms with Gasteiger partial charge in [-0.05, 0) is 25.2 Å². The molecule has 0 bridgehead atoms. The molecule has 1 aromatic carbocycles. The molecule has 0 spiro atoms. The molecule has 1 N–H and O–H groups in total. The van der Waals surface area contributed by atoms with Crippen molar-refractivity contribution in [2.75, 3.05) is 33.3 Å². The van der Waals surface area contributed by atoms with Crippen LogP contribution < -0.4 is 5.32 Å². The third-order valence-electron chi connectivity index (χ3n) is 3.02. The molecule has 4 nitrogen and oxygen atoms in total. The van der Waals surface area contributed by atoms with Gasteiger partial charge in [0.25, 0.3) is 5.91 Å². The number of morpholine rings is 1. The van der Waals surface area contributed by atoms with Gasteiger partial charge in [-0.2, -0.15) is 0 Å². The van der Waals surface area contributed by atoms with E-state index in [-0.39, 0.29) is 11.7 Å². The van der Waals surface area contributed by atoms with Crippen molar-refractivity contribution in [3.8, 4) is 0 Å². The van der Waals surface area contributed by atoms with Crippen molar-refractivity contribution < 1.29 is 18.3 Å². The molecule has 1 heterocycles. The molecule has 104 valence electrons. The quantitative estimate of drug-likeness (QED) is 0.892. The van der Waals surface area contributed by atoms with Crippen molar-refractivity contribution in [1.29, 1.82) is 0 Å². The molecular formula is C13H16F2N2O2. The highest BCUT2D eigenvalue weighted by atomic mass is 19.1. The summed E-state index contributed by atoms with van der Waals surface area (Å²) in [4.78, 5) is 13.7. The molecule has 1 unspecified atom stereocenters. The Bertz CT molecular complexity index is 466.